The molecule has 0 aromatic heterocycles. The van der Waals surface area contributed by atoms with E-state index in [1.807, 2.05) is 0 Å². The smallest absolute Gasteiger partial charge is 0.260 e. The molecule has 0 bridgehead atoms. The van der Waals surface area contributed by atoms with Crippen molar-refractivity contribution in [3.05, 3.63) is 0 Å². The quantitative estimate of drug-likeness (QED) is 0.531. The minimum absolute atomic E-state index is 0.0295. The molecule has 1 amide bonds. The van der Waals surface area contributed by atoms with E-state index in [1.165, 1.54) is 0 Å². The number of hydrogen-bond acceptors (Lipinski definition) is 3. The lowest BCUT2D eigenvalue weighted by Gasteiger charge is -2.36. The summed E-state index contributed by atoms with van der Waals surface area (Å²) in [4.78, 5) is 25.3. The fraction of sp³-hybridized carbons (Fsp3) is 0.857. The first-order valence-corrected chi connectivity index (χ1v) is 7.22. The molecular weight excluding hydrogens is 230 g/mol. The second-order valence-corrected chi connectivity index (χ2v) is 6.18. The van der Waals surface area contributed by atoms with Crippen LogP contribution in [0.4, 0.5) is 0 Å². The predicted molar refractivity (Wildman–Crippen MR) is 65.0 cm³/mol. The van der Waals surface area contributed by atoms with E-state index in [4.69, 9.17) is 0 Å². The van der Waals surface area contributed by atoms with Crippen LogP contribution < -0.4 is 0 Å². The van der Waals surface area contributed by atoms with Crippen molar-refractivity contribution in [3.63, 3.8) is 0 Å². The van der Waals surface area contributed by atoms with Crippen molar-refractivity contribution in [1.29, 1.82) is 0 Å². The zero-order valence-electron chi connectivity index (χ0n) is 10.8. The summed E-state index contributed by atoms with van der Waals surface area (Å²) in [6.45, 7) is 0. The van der Waals surface area contributed by atoms with Gasteiger partial charge in [-0.2, -0.15) is 0 Å². The molecule has 2 saturated carbocycles. The van der Waals surface area contributed by atoms with E-state index in [1.54, 1.807) is 0 Å². The Labute approximate surface area is 107 Å². The SMILES string of the molecule is O=C1N(O)C2(CCCCC2)C(=O)C12CCCCC2. The number of hydrogen-bond donors (Lipinski definition) is 1. The summed E-state index contributed by atoms with van der Waals surface area (Å²) in [5, 5.41) is 11.1. The van der Waals surface area contributed by atoms with Gasteiger partial charge in [-0.25, -0.2) is 5.06 Å². The number of Topliss-reactive ketones (excluding diaryl/α,β-unsaturated/α-hetero) is 1. The van der Waals surface area contributed by atoms with Gasteiger partial charge in [-0.3, -0.25) is 14.8 Å². The number of carbonyl (C=O) groups excluding carboxylic acids is 2. The molecule has 2 aliphatic carbocycles. The van der Waals surface area contributed by atoms with Gasteiger partial charge < -0.3 is 0 Å². The highest BCUT2D eigenvalue weighted by atomic mass is 16.5. The molecule has 18 heavy (non-hydrogen) atoms. The van der Waals surface area contributed by atoms with Gasteiger partial charge in [0.25, 0.3) is 5.91 Å². The monoisotopic (exact) mass is 251 g/mol. The summed E-state index contributed by atoms with van der Waals surface area (Å²) in [6, 6.07) is 0. The van der Waals surface area contributed by atoms with Crippen molar-refractivity contribution in [2.24, 2.45) is 5.41 Å². The topological polar surface area (TPSA) is 57.6 Å². The summed E-state index contributed by atoms with van der Waals surface area (Å²) in [5.41, 5.74) is -1.74. The number of rotatable bonds is 0. The van der Waals surface area contributed by atoms with E-state index >= 15 is 0 Å². The molecule has 100 valence electrons. The van der Waals surface area contributed by atoms with Crippen molar-refractivity contribution < 1.29 is 14.8 Å². The van der Waals surface area contributed by atoms with Gasteiger partial charge in [-0.1, -0.05) is 38.5 Å². The van der Waals surface area contributed by atoms with Gasteiger partial charge in [0, 0.05) is 0 Å². The molecule has 3 fully saturated rings. The second-order valence-electron chi connectivity index (χ2n) is 6.18. The molecular formula is C14H21NO3. The van der Waals surface area contributed by atoms with Crippen LogP contribution in [0.3, 0.4) is 0 Å². The Morgan fingerprint density at radius 3 is 1.89 bits per heavy atom. The lowest BCUT2D eigenvalue weighted by molar-refractivity contribution is -0.189. The Balaban J connectivity index is 1.99. The standard InChI is InChI=1S/C14H21NO3/c16-11-13(7-3-1-4-8-13)12(17)15(18)14(11)9-5-2-6-10-14/h18H,1-10H2. The summed E-state index contributed by atoms with van der Waals surface area (Å²) in [7, 11) is 0. The van der Waals surface area contributed by atoms with E-state index in [0.717, 1.165) is 43.6 Å². The van der Waals surface area contributed by atoms with Crippen molar-refractivity contribution in [3.8, 4) is 0 Å². The van der Waals surface area contributed by atoms with Crippen LogP contribution in [0.1, 0.15) is 64.2 Å². The molecule has 2 spiro atoms. The highest BCUT2D eigenvalue weighted by Crippen LogP contribution is 2.52. The van der Waals surface area contributed by atoms with Crippen molar-refractivity contribution in [2.45, 2.75) is 69.7 Å². The van der Waals surface area contributed by atoms with Crippen LogP contribution in [0.15, 0.2) is 0 Å². The summed E-state index contributed by atoms with van der Waals surface area (Å²) in [5.74, 6) is -0.281. The zero-order valence-corrected chi connectivity index (χ0v) is 10.8. The van der Waals surface area contributed by atoms with Crippen molar-refractivity contribution in [2.75, 3.05) is 0 Å². The number of carbonyl (C=O) groups is 2. The molecule has 0 atom stereocenters. The lowest BCUT2D eigenvalue weighted by Crippen LogP contribution is -2.49. The normalized spacial score (nSPS) is 30.4. The Morgan fingerprint density at radius 1 is 0.833 bits per heavy atom. The van der Waals surface area contributed by atoms with Gasteiger partial charge in [0.2, 0.25) is 0 Å². The molecule has 0 radical (unpaired) electrons. The van der Waals surface area contributed by atoms with Gasteiger partial charge in [0.15, 0.2) is 5.78 Å². The van der Waals surface area contributed by atoms with Crippen LogP contribution >= 0.6 is 0 Å². The Hall–Kier alpha value is -0.900. The van der Waals surface area contributed by atoms with Gasteiger partial charge in [0.05, 0.1) is 0 Å². The van der Waals surface area contributed by atoms with Crippen LogP contribution in [0.25, 0.3) is 0 Å². The maximum atomic E-state index is 12.9. The van der Waals surface area contributed by atoms with Crippen LogP contribution in [0, 0.1) is 5.41 Å². The molecule has 1 N–H and O–H groups in total. The first-order valence-electron chi connectivity index (χ1n) is 7.22. The van der Waals surface area contributed by atoms with E-state index in [-0.39, 0.29) is 11.7 Å². The van der Waals surface area contributed by atoms with Crippen molar-refractivity contribution in [1.82, 2.24) is 5.06 Å². The third kappa shape index (κ3) is 1.35. The van der Waals surface area contributed by atoms with Crippen molar-refractivity contribution >= 4 is 11.7 Å². The second kappa shape index (κ2) is 4.05. The number of ketones is 1. The van der Waals surface area contributed by atoms with Crippen LogP contribution in [0.5, 0.6) is 0 Å². The highest BCUT2D eigenvalue weighted by Gasteiger charge is 2.66. The Morgan fingerprint density at radius 2 is 1.33 bits per heavy atom. The van der Waals surface area contributed by atoms with Gasteiger partial charge in [0.1, 0.15) is 11.0 Å². The Bertz CT molecular complexity index is 379. The van der Waals surface area contributed by atoms with E-state index in [9.17, 15) is 14.8 Å². The van der Waals surface area contributed by atoms with Gasteiger partial charge in [-0.15, -0.1) is 0 Å². The molecule has 4 heteroatoms. The average molecular weight is 251 g/mol. The molecule has 3 rings (SSSR count). The summed E-state index contributed by atoms with van der Waals surface area (Å²) in [6.07, 6.45) is 8.52. The molecule has 1 aliphatic heterocycles. The Kier molecular flexibility index (Phi) is 2.73. The molecule has 1 saturated heterocycles. The zero-order chi connectivity index (χ0) is 12.8. The summed E-state index contributed by atoms with van der Waals surface area (Å²) >= 11 is 0. The molecule has 4 nitrogen and oxygen atoms in total. The maximum absolute atomic E-state index is 12.9. The number of nitrogens with zero attached hydrogens (tertiary/aromatic N) is 1. The minimum Gasteiger partial charge on any atom is -0.296 e. The molecule has 1 heterocycles. The largest absolute Gasteiger partial charge is 0.296 e. The number of hydroxylamine groups is 2. The molecule has 0 unspecified atom stereocenters. The average Bonchev–Trinajstić information content (AvgIpc) is 2.57. The first-order chi connectivity index (χ1) is 8.63. The maximum Gasteiger partial charge on any atom is 0.260 e. The van der Waals surface area contributed by atoms with E-state index in [0.29, 0.717) is 25.7 Å². The third-order valence-electron chi connectivity index (χ3n) is 5.25. The molecule has 3 aliphatic rings. The van der Waals surface area contributed by atoms with E-state index < -0.39 is 11.0 Å². The van der Waals surface area contributed by atoms with Crippen LogP contribution in [-0.2, 0) is 9.59 Å². The predicted octanol–water partition coefficient (Wildman–Crippen LogP) is 2.44. The van der Waals surface area contributed by atoms with Crippen LogP contribution in [-0.4, -0.2) is 27.5 Å². The third-order valence-corrected chi connectivity index (χ3v) is 5.25. The fourth-order valence-corrected chi connectivity index (χ4v) is 4.21. The molecule has 0 aromatic rings. The van der Waals surface area contributed by atoms with Gasteiger partial charge >= 0.3 is 0 Å². The fourth-order valence-electron chi connectivity index (χ4n) is 4.21. The summed E-state index contributed by atoms with van der Waals surface area (Å²) < 4.78 is 0. The lowest BCUT2D eigenvalue weighted by atomic mass is 9.66. The first kappa shape index (κ1) is 12.2. The van der Waals surface area contributed by atoms with Gasteiger partial charge in [-0.05, 0) is 25.7 Å². The molecule has 0 aromatic carbocycles. The number of amides is 1. The highest BCUT2D eigenvalue weighted by molar-refractivity contribution is 6.16. The van der Waals surface area contributed by atoms with Crippen LogP contribution in [0.2, 0.25) is 0 Å². The van der Waals surface area contributed by atoms with E-state index in [2.05, 4.69) is 0 Å². The minimum atomic E-state index is -0.871.